The Hall–Kier alpha value is -0.710. The molecule has 0 bridgehead atoms. The van der Waals surface area contributed by atoms with Crippen LogP contribution in [-0.4, -0.2) is 9.22 Å². The Kier molecular flexibility index (Phi) is 1.96. The number of hydrogen-bond donors (Lipinski definition) is 1. The van der Waals surface area contributed by atoms with Crippen molar-refractivity contribution in [3.63, 3.8) is 0 Å². The fourth-order valence-corrected chi connectivity index (χ4v) is 1.76. The van der Waals surface area contributed by atoms with Crippen LogP contribution in [0.2, 0.25) is 0 Å². The molecule has 0 aliphatic carbocycles. The van der Waals surface area contributed by atoms with E-state index in [0.29, 0.717) is 5.76 Å². The van der Waals surface area contributed by atoms with Crippen molar-refractivity contribution in [1.29, 1.82) is 0 Å². The molecule has 1 aliphatic rings. The molecule has 0 fully saturated rings. The van der Waals surface area contributed by atoms with Crippen LogP contribution in [0.1, 0.15) is 5.56 Å². The number of aliphatic hydroxyl groups is 1. The Balaban J connectivity index is 2.53. The van der Waals surface area contributed by atoms with E-state index in [9.17, 15) is 5.11 Å². The zero-order valence-corrected chi connectivity index (χ0v) is 8.36. The van der Waals surface area contributed by atoms with Gasteiger partial charge in [0, 0.05) is 6.08 Å². The molecule has 0 saturated carbocycles. The summed E-state index contributed by atoms with van der Waals surface area (Å²) in [7, 11) is 0. The fraction of sp³-hybridized carbons (Fsp3) is 0.111. The van der Waals surface area contributed by atoms with Crippen molar-refractivity contribution in [1.82, 2.24) is 0 Å². The van der Waals surface area contributed by atoms with Gasteiger partial charge in [-0.25, -0.2) is 0 Å². The maximum absolute atomic E-state index is 9.51. The van der Waals surface area contributed by atoms with Gasteiger partial charge in [0.1, 0.15) is 11.5 Å². The van der Waals surface area contributed by atoms with E-state index in [1.807, 2.05) is 24.3 Å². The smallest absolute Gasteiger partial charge is 0.171 e. The molecule has 12 heavy (non-hydrogen) atoms. The van der Waals surface area contributed by atoms with Crippen LogP contribution in [0, 0.1) is 0 Å². The highest BCUT2D eigenvalue weighted by Crippen LogP contribution is 2.31. The van der Waals surface area contributed by atoms with Crippen LogP contribution in [0.3, 0.4) is 0 Å². The van der Waals surface area contributed by atoms with Crippen LogP contribution < -0.4 is 4.74 Å². The topological polar surface area (TPSA) is 29.5 Å². The standard InChI is InChI=1S/C9H7IO2/c10-9-5-7(11)6-3-1-2-4-8(6)12-9/h1-5,9,11H. The molecule has 2 rings (SSSR count). The monoisotopic (exact) mass is 274 g/mol. The summed E-state index contributed by atoms with van der Waals surface area (Å²) >= 11 is 2.11. The number of fused-ring (bicyclic) bond motifs is 1. The highest BCUT2D eigenvalue weighted by Gasteiger charge is 2.16. The zero-order valence-electron chi connectivity index (χ0n) is 6.20. The molecular weight excluding hydrogens is 267 g/mol. The Bertz CT molecular complexity index is 333. The fourth-order valence-electron chi connectivity index (χ4n) is 1.15. The maximum Gasteiger partial charge on any atom is 0.171 e. The van der Waals surface area contributed by atoms with Crippen LogP contribution >= 0.6 is 22.6 Å². The molecule has 0 aromatic heterocycles. The summed E-state index contributed by atoms with van der Waals surface area (Å²) in [5, 5.41) is 9.51. The number of para-hydroxylation sites is 1. The van der Waals surface area contributed by atoms with E-state index in [2.05, 4.69) is 22.6 Å². The van der Waals surface area contributed by atoms with Gasteiger partial charge in [0.25, 0.3) is 0 Å². The first-order valence-corrected chi connectivity index (χ1v) is 4.83. The quantitative estimate of drug-likeness (QED) is 0.582. The third kappa shape index (κ3) is 1.29. The molecule has 0 amide bonds. The minimum absolute atomic E-state index is 0.0718. The highest BCUT2D eigenvalue weighted by atomic mass is 127. The van der Waals surface area contributed by atoms with Gasteiger partial charge >= 0.3 is 0 Å². The Morgan fingerprint density at radius 2 is 2.08 bits per heavy atom. The minimum Gasteiger partial charge on any atom is -0.507 e. The van der Waals surface area contributed by atoms with Crippen LogP contribution in [0.4, 0.5) is 0 Å². The summed E-state index contributed by atoms with van der Waals surface area (Å²) in [6, 6.07) is 7.45. The number of rotatable bonds is 0. The van der Waals surface area contributed by atoms with Crippen LogP contribution in [0.5, 0.6) is 5.75 Å². The van der Waals surface area contributed by atoms with Crippen molar-refractivity contribution in [2.75, 3.05) is 0 Å². The van der Waals surface area contributed by atoms with Gasteiger partial charge in [0.05, 0.1) is 5.56 Å². The van der Waals surface area contributed by atoms with Crippen molar-refractivity contribution in [2.45, 2.75) is 4.11 Å². The van der Waals surface area contributed by atoms with E-state index in [0.717, 1.165) is 11.3 Å². The first-order valence-electron chi connectivity index (χ1n) is 3.58. The molecule has 1 unspecified atom stereocenters. The average Bonchev–Trinajstić information content (AvgIpc) is 2.04. The van der Waals surface area contributed by atoms with Crippen molar-refractivity contribution < 1.29 is 9.84 Å². The van der Waals surface area contributed by atoms with E-state index >= 15 is 0 Å². The van der Waals surface area contributed by atoms with Crippen LogP contribution in [0.25, 0.3) is 5.76 Å². The van der Waals surface area contributed by atoms with Crippen molar-refractivity contribution >= 4 is 28.4 Å². The number of ether oxygens (including phenoxy) is 1. The van der Waals surface area contributed by atoms with Gasteiger partial charge in [-0.05, 0) is 34.7 Å². The van der Waals surface area contributed by atoms with Crippen LogP contribution in [-0.2, 0) is 0 Å². The van der Waals surface area contributed by atoms with Gasteiger partial charge in [0.15, 0.2) is 4.11 Å². The molecule has 1 aromatic rings. The first-order chi connectivity index (χ1) is 5.77. The molecule has 1 N–H and O–H groups in total. The van der Waals surface area contributed by atoms with Crippen molar-refractivity contribution in [2.24, 2.45) is 0 Å². The molecule has 1 atom stereocenters. The van der Waals surface area contributed by atoms with E-state index in [1.54, 1.807) is 6.08 Å². The summed E-state index contributed by atoms with van der Waals surface area (Å²) in [4.78, 5) is 0. The molecule has 1 aliphatic heterocycles. The highest BCUT2D eigenvalue weighted by molar-refractivity contribution is 14.1. The Morgan fingerprint density at radius 1 is 1.33 bits per heavy atom. The molecule has 2 nitrogen and oxygen atoms in total. The lowest BCUT2D eigenvalue weighted by Gasteiger charge is -2.18. The predicted octanol–water partition coefficient (Wildman–Crippen LogP) is 2.74. The van der Waals surface area contributed by atoms with E-state index in [-0.39, 0.29) is 4.11 Å². The van der Waals surface area contributed by atoms with E-state index < -0.39 is 0 Å². The summed E-state index contributed by atoms with van der Waals surface area (Å²) in [5.74, 6) is 1.05. The van der Waals surface area contributed by atoms with E-state index in [4.69, 9.17) is 4.74 Å². The maximum atomic E-state index is 9.51. The SMILES string of the molecule is OC1=CC(I)Oc2ccccc21. The molecule has 62 valence electrons. The molecule has 0 radical (unpaired) electrons. The second-order valence-electron chi connectivity index (χ2n) is 2.52. The average molecular weight is 274 g/mol. The zero-order chi connectivity index (χ0) is 8.55. The molecule has 1 heterocycles. The minimum atomic E-state index is -0.0718. The summed E-state index contributed by atoms with van der Waals surface area (Å²) in [5.41, 5.74) is 0.769. The summed E-state index contributed by atoms with van der Waals surface area (Å²) in [6.45, 7) is 0. The lowest BCUT2D eigenvalue weighted by atomic mass is 10.1. The number of aliphatic hydroxyl groups excluding tert-OH is 1. The largest absolute Gasteiger partial charge is 0.507 e. The molecule has 1 aromatic carbocycles. The van der Waals surface area contributed by atoms with Gasteiger partial charge in [-0.3, -0.25) is 0 Å². The number of alkyl halides is 1. The third-order valence-corrected chi connectivity index (χ3v) is 2.31. The van der Waals surface area contributed by atoms with Gasteiger partial charge in [-0.15, -0.1) is 0 Å². The number of halogens is 1. The predicted molar refractivity (Wildman–Crippen MR) is 55.5 cm³/mol. The molecule has 0 spiro atoms. The second kappa shape index (κ2) is 2.97. The first kappa shape index (κ1) is 7.91. The van der Waals surface area contributed by atoms with Gasteiger partial charge < -0.3 is 9.84 Å². The van der Waals surface area contributed by atoms with Gasteiger partial charge in [-0.1, -0.05) is 12.1 Å². The lowest BCUT2D eigenvalue weighted by molar-refractivity contribution is 0.330. The second-order valence-corrected chi connectivity index (χ2v) is 3.74. The third-order valence-electron chi connectivity index (χ3n) is 1.69. The van der Waals surface area contributed by atoms with Gasteiger partial charge in [0.2, 0.25) is 0 Å². The Morgan fingerprint density at radius 3 is 2.92 bits per heavy atom. The normalized spacial score (nSPS) is 20.8. The van der Waals surface area contributed by atoms with Crippen LogP contribution in [0.15, 0.2) is 30.3 Å². The molecule has 0 saturated heterocycles. The number of hydrogen-bond acceptors (Lipinski definition) is 2. The lowest BCUT2D eigenvalue weighted by Crippen LogP contribution is -2.11. The van der Waals surface area contributed by atoms with Gasteiger partial charge in [-0.2, -0.15) is 0 Å². The Labute approximate surface area is 84.0 Å². The summed E-state index contributed by atoms with van der Waals surface area (Å²) in [6.07, 6.45) is 1.68. The van der Waals surface area contributed by atoms with E-state index in [1.165, 1.54) is 0 Å². The van der Waals surface area contributed by atoms with Crippen molar-refractivity contribution in [3.05, 3.63) is 35.9 Å². The molecule has 3 heteroatoms. The number of benzene rings is 1. The summed E-state index contributed by atoms with van der Waals surface area (Å²) < 4.78 is 5.38. The molecular formula is C9H7IO2. The van der Waals surface area contributed by atoms with Crippen molar-refractivity contribution in [3.8, 4) is 5.75 Å².